The zero-order valence-electron chi connectivity index (χ0n) is 10.8. The van der Waals surface area contributed by atoms with Crippen LogP contribution in [0.15, 0.2) is 41.5 Å². The number of carbonyl (C=O) groups excluding carboxylic acids is 1. The van der Waals surface area contributed by atoms with Crippen LogP contribution in [0.25, 0.3) is 0 Å². The topological polar surface area (TPSA) is 50.1 Å². The van der Waals surface area contributed by atoms with Gasteiger partial charge in [-0.05, 0) is 37.8 Å². The first kappa shape index (κ1) is 14.0. The summed E-state index contributed by atoms with van der Waals surface area (Å²) in [7, 11) is 0. The van der Waals surface area contributed by atoms with Crippen LogP contribution in [-0.2, 0) is 16.0 Å². The van der Waals surface area contributed by atoms with Gasteiger partial charge in [-0.3, -0.25) is 0 Å². The van der Waals surface area contributed by atoms with Gasteiger partial charge in [-0.15, -0.1) is 0 Å². The SMILES string of the molecule is CCOC(=O)C(C#N)=C(C)CCc1ccccc1. The molecule has 1 aromatic carbocycles. The summed E-state index contributed by atoms with van der Waals surface area (Å²) in [5.74, 6) is -0.523. The number of aryl methyl sites for hydroxylation is 1. The Bertz CT molecular complexity index is 469. The lowest BCUT2D eigenvalue weighted by Gasteiger charge is -2.05. The number of nitrogens with zero attached hydrogens (tertiary/aromatic N) is 1. The standard InChI is InChI=1S/C15H17NO2/c1-3-18-15(17)14(11-16)12(2)9-10-13-7-5-4-6-8-13/h4-8H,3,9-10H2,1-2H3. The highest BCUT2D eigenvalue weighted by atomic mass is 16.5. The summed E-state index contributed by atoms with van der Waals surface area (Å²) < 4.78 is 4.85. The quantitative estimate of drug-likeness (QED) is 0.454. The molecule has 1 aromatic rings. The normalized spacial score (nSPS) is 11.4. The van der Waals surface area contributed by atoms with Crippen molar-refractivity contribution in [3.8, 4) is 6.07 Å². The Morgan fingerprint density at radius 1 is 1.33 bits per heavy atom. The first-order valence-electron chi connectivity index (χ1n) is 6.00. The lowest BCUT2D eigenvalue weighted by molar-refractivity contribution is -0.138. The van der Waals surface area contributed by atoms with E-state index in [0.29, 0.717) is 6.42 Å². The molecule has 0 saturated carbocycles. The van der Waals surface area contributed by atoms with E-state index < -0.39 is 5.97 Å². The van der Waals surface area contributed by atoms with E-state index in [2.05, 4.69) is 0 Å². The van der Waals surface area contributed by atoms with Crippen LogP contribution in [0.5, 0.6) is 0 Å². The van der Waals surface area contributed by atoms with Gasteiger partial charge in [0.1, 0.15) is 11.6 Å². The highest BCUT2D eigenvalue weighted by Crippen LogP contribution is 2.13. The maximum Gasteiger partial charge on any atom is 0.348 e. The summed E-state index contributed by atoms with van der Waals surface area (Å²) >= 11 is 0. The molecule has 3 nitrogen and oxygen atoms in total. The number of hydrogen-bond acceptors (Lipinski definition) is 3. The van der Waals surface area contributed by atoms with Gasteiger partial charge in [-0.2, -0.15) is 5.26 Å². The largest absolute Gasteiger partial charge is 0.462 e. The van der Waals surface area contributed by atoms with E-state index in [0.717, 1.165) is 12.0 Å². The van der Waals surface area contributed by atoms with Crippen LogP contribution in [0.3, 0.4) is 0 Å². The van der Waals surface area contributed by atoms with E-state index in [9.17, 15) is 4.79 Å². The number of allylic oxidation sites excluding steroid dienone is 1. The molecule has 1 rings (SSSR count). The number of hydrogen-bond donors (Lipinski definition) is 0. The van der Waals surface area contributed by atoms with Crippen molar-refractivity contribution in [1.82, 2.24) is 0 Å². The van der Waals surface area contributed by atoms with Crippen LogP contribution in [-0.4, -0.2) is 12.6 Å². The van der Waals surface area contributed by atoms with Crippen molar-refractivity contribution < 1.29 is 9.53 Å². The number of esters is 1. The third-order valence-corrected chi connectivity index (χ3v) is 2.65. The molecule has 0 amide bonds. The van der Waals surface area contributed by atoms with Gasteiger partial charge in [0.15, 0.2) is 0 Å². The fourth-order valence-corrected chi connectivity index (χ4v) is 1.62. The molecular formula is C15H17NO2. The van der Waals surface area contributed by atoms with Gasteiger partial charge in [0.2, 0.25) is 0 Å². The Hall–Kier alpha value is -2.08. The molecule has 0 fully saturated rings. The minimum Gasteiger partial charge on any atom is -0.462 e. The van der Waals surface area contributed by atoms with E-state index in [-0.39, 0.29) is 12.2 Å². The molecule has 0 radical (unpaired) electrons. The van der Waals surface area contributed by atoms with E-state index in [1.165, 1.54) is 5.56 Å². The zero-order valence-corrected chi connectivity index (χ0v) is 10.8. The number of ether oxygens (including phenoxy) is 1. The molecule has 0 aliphatic heterocycles. The summed E-state index contributed by atoms with van der Waals surface area (Å²) in [5.41, 5.74) is 2.10. The summed E-state index contributed by atoms with van der Waals surface area (Å²) in [6, 6.07) is 11.9. The average molecular weight is 243 g/mol. The molecule has 0 heterocycles. The molecule has 0 saturated heterocycles. The first-order valence-corrected chi connectivity index (χ1v) is 6.00. The van der Waals surface area contributed by atoms with Crippen LogP contribution < -0.4 is 0 Å². The third kappa shape index (κ3) is 4.06. The fourth-order valence-electron chi connectivity index (χ4n) is 1.62. The van der Waals surface area contributed by atoms with Crippen LogP contribution in [0, 0.1) is 11.3 Å². The Morgan fingerprint density at radius 3 is 2.56 bits per heavy atom. The second-order valence-electron chi connectivity index (χ2n) is 3.97. The van der Waals surface area contributed by atoms with Gasteiger partial charge >= 0.3 is 5.97 Å². The van der Waals surface area contributed by atoms with Gasteiger partial charge in [-0.1, -0.05) is 30.3 Å². The van der Waals surface area contributed by atoms with Crippen molar-refractivity contribution >= 4 is 5.97 Å². The molecule has 0 N–H and O–H groups in total. The van der Waals surface area contributed by atoms with Crippen LogP contribution in [0.4, 0.5) is 0 Å². The highest BCUT2D eigenvalue weighted by molar-refractivity contribution is 5.93. The summed E-state index contributed by atoms with van der Waals surface area (Å²) in [6.45, 7) is 3.82. The Morgan fingerprint density at radius 2 is 2.00 bits per heavy atom. The predicted molar refractivity (Wildman–Crippen MR) is 69.7 cm³/mol. The fraction of sp³-hybridized carbons (Fsp3) is 0.333. The summed E-state index contributed by atoms with van der Waals surface area (Å²) in [4.78, 5) is 11.5. The van der Waals surface area contributed by atoms with E-state index in [1.54, 1.807) is 13.8 Å². The maximum atomic E-state index is 11.5. The van der Waals surface area contributed by atoms with Crippen LogP contribution >= 0.6 is 0 Å². The monoisotopic (exact) mass is 243 g/mol. The number of carbonyl (C=O) groups is 1. The molecule has 0 aliphatic rings. The molecule has 0 spiro atoms. The average Bonchev–Trinajstić information content (AvgIpc) is 2.39. The van der Waals surface area contributed by atoms with Gasteiger partial charge in [0, 0.05) is 0 Å². The van der Waals surface area contributed by atoms with Gasteiger partial charge in [-0.25, -0.2) is 4.79 Å². The Labute approximate surface area is 108 Å². The molecular weight excluding hydrogens is 226 g/mol. The zero-order chi connectivity index (χ0) is 13.4. The Balaban J connectivity index is 2.70. The van der Waals surface area contributed by atoms with Crippen molar-refractivity contribution in [3.63, 3.8) is 0 Å². The van der Waals surface area contributed by atoms with Gasteiger partial charge in [0.05, 0.1) is 6.61 Å². The smallest absolute Gasteiger partial charge is 0.348 e. The third-order valence-electron chi connectivity index (χ3n) is 2.65. The second kappa shape index (κ2) is 7.29. The molecule has 18 heavy (non-hydrogen) atoms. The van der Waals surface area contributed by atoms with Crippen molar-refractivity contribution in [3.05, 3.63) is 47.0 Å². The van der Waals surface area contributed by atoms with Gasteiger partial charge < -0.3 is 4.74 Å². The molecule has 3 heteroatoms. The van der Waals surface area contributed by atoms with Gasteiger partial charge in [0.25, 0.3) is 0 Å². The maximum absolute atomic E-state index is 11.5. The number of nitriles is 1. The van der Waals surface area contributed by atoms with Crippen LogP contribution in [0.2, 0.25) is 0 Å². The molecule has 0 atom stereocenters. The van der Waals surface area contributed by atoms with Crippen LogP contribution in [0.1, 0.15) is 25.8 Å². The van der Waals surface area contributed by atoms with E-state index >= 15 is 0 Å². The summed E-state index contributed by atoms with van der Waals surface area (Å²) in [6.07, 6.45) is 1.50. The summed E-state index contributed by atoms with van der Waals surface area (Å²) in [5, 5.41) is 8.98. The number of rotatable bonds is 5. The lowest BCUT2D eigenvalue weighted by atomic mass is 10.0. The highest BCUT2D eigenvalue weighted by Gasteiger charge is 2.13. The van der Waals surface area contributed by atoms with Crippen molar-refractivity contribution in [2.45, 2.75) is 26.7 Å². The molecule has 94 valence electrons. The first-order chi connectivity index (χ1) is 8.69. The van der Waals surface area contributed by atoms with Crippen molar-refractivity contribution in [1.29, 1.82) is 5.26 Å². The minimum atomic E-state index is -0.523. The Kier molecular flexibility index (Phi) is 5.66. The van der Waals surface area contributed by atoms with E-state index in [4.69, 9.17) is 10.00 Å². The van der Waals surface area contributed by atoms with Crippen molar-refractivity contribution in [2.75, 3.05) is 6.61 Å². The molecule has 0 aromatic heterocycles. The minimum absolute atomic E-state index is 0.132. The number of benzene rings is 1. The second-order valence-corrected chi connectivity index (χ2v) is 3.97. The predicted octanol–water partition coefficient (Wildman–Crippen LogP) is 3.02. The molecule has 0 bridgehead atoms. The van der Waals surface area contributed by atoms with Crippen molar-refractivity contribution in [2.24, 2.45) is 0 Å². The lowest BCUT2D eigenvalue weighted by Crippen LogP contribution is -2.08. The van der Waals surface area contributed by atoms with E-state index in [1.807, 2.05) is 36.4 Å². The molecule has 0 aliphatic carbocycles. The molecule has 0 unspecified atom stereocenters.